The third-order valence-electron chi connectivity index (χ3n) is 4.95. The molecule has 0 saturated heterocycles. The topological polar surface area (TPSA) is 76.0 Å². The quantitative estimate of drug-likeness (QED) is 0.522. The molecule has 156 valence electrons. The van der Waals surface area contributed by atoms with E-state index in [4.69, 9.17) is 18.9 Å². The van der Waals surface area contributed by atoms with E-state index in [1.165, 1.54) is 0 Å². The smallest absolute Gasteiger partial charge is 0.338 e. The van der Waals surface area contributed by atoms with Crippen LogP contribution in [0.2, 0.25) is 0 Å². The van der Waals surface area contributed by atoms with E-state index >= 15 is 0 Å². The van der Waals surface area contributed by atoms with Crippen molar-refractivity contribution in [2.75, 3.05) is 33.5 Å². The van der Waals surface area contributed by atoms with Crippen molar-refractivity contribution in [2.24, 2.45) is 0 Å². The number of carbonyl (C=O) groups is 2. The minimum atomic E-state index is -0.574. The summed E-state index contributed by atoms with van der Waals surface area (Å²) in [7, 11) is 1.65. The van der Waals surface area contributed by atoms with E-state index < -0.39 is 5.97 Å². The molecule has 7 heteroatoms. The fraction of sp³-hybridized carbons (Fsp3) is 0.455. The molecule has 1 aromatic heterocycles. The molecule has 1 atom stereocenters. The molecule has 1 aliphatic heterocycles. The first-order valence-corrected chi connectivity index (χ1v) is 9.69. The van der Waals surface area contributed by atoms with Crippen LogP contribution in [0.15, 0.2) is 24.3 Å². The molecule has 1 unspecified atom stereocenters. The summed E-state index contributed by atoms with van der Waals surface area (Å²) in [6.45, 7) is 7.19. The van der Waals surface area contributed by atoms with Crippen molar-refractivity contribution in [1.29, 1.82) is 0 Å². The number of hydrogen-bond donors (Lipinski definition) is 0. The number of Topliss-reactive ketones (excluding diaryl/α,β-unsaturated/α-hetero) is 1. The van der Waals surface area contributed by atoms with Gasteiger partial charge in [-0.15, -0.1) is 0 Å². The number of esters is 1. The number of carbonyl (C=O) groups excluding carboxylic acids is 2. The summed E-state index contributed by atoms with van der Waals surface area (Å²) in [5.41, 5.74) is 2.67. The van der Waals surface area contributed by atoms with Gasteiger partial charge < -0.3 is 23.5 Å². The molecule has 2 heterocycles. The number of aromatic nitrogens is 1. The van der Waals surface area contributed by atoms with Gasteiger partial charge in [-0.3, -0.25) is 4.79 Å². The van der Waals surface area contributed by atoms with E-state index in [1.54, 1.807) is 25.3 Å². The molecule has 0 amide bonds. The molecule has 29 heavy (non-hydrogen) atoms. The van der Waals surface area contributed by atoms with Crippen LogP contribution < -0.4 is 9.47 Å². The van der Waals surface area contributed by atoms with Crippen molar-refractivity contribution in [3.63, 3.8) is 0 Å². The van der Waals surface area contributed by atoms with Gasteiger partial charge in [0.05, 0.1) is 31.4 Å². The first kappa shape index (κ1) is 20.9. The standard InChI is InChI=1S/C22H27NO6/c1-14-10-18(16(3)23(14)15(2)12-26-4)19(24)13-29-22(25)17-6-7-20-21(11-17)28-9-5-8-27-20/h6-7,10-11,15H,5,8-9,12-13H2,1-4H3. The normalized spacial score (nSPS) is 14.2. The zero-order valence-corrected chi connectivity index (χ0v) is 17.3. The van der Waals surface area contributed by atoms with E-state index in [1.807, 2.05) is 26.8 Å². The highest BCUT2D eigenvalue weighted by Gasteiger charge is 2.21. The van der Waals surface area contributed by atoms with Gasteiger partial charge in [0.1, 0.15) is 0 Å². The first-order chi connectivity index (χ1) is 13.9. The van der Waals surface area contributed by atoms with Gasteiger partial charge in [-0.05, 0) is 45.0 Å². The van der Waals surface area contributed by atoms with Gasteiger partial charge in [0.2, 0.25) is 5.78 Å². The molecule has 0 radical (unpaired) electrons. The van der Waals surface area contributed by atoms with Gasteiger partial charge in [0, 0.05) is 30.5 Å². The summed E-state index contributed by atoms with van der Waals surface area (Å²) in [5, 5.41) is 0. The Hall–Kier alpha value is -2.80. The lowest BCUT2D eigenvalue weighted by atomic mass is 10.1. The second-order valence-corrected chi connectivity index (χ2v) is 7.17. The molecular formula is C22H27NO6. The lowest BCUT2D eigenvalue weighted by Gasteiger charge is -2.17. The highest BCUT2D eigenvalue weighted by Crippen LogP contribution is 2.30. The van der Waals surface area contributed by atoms with Crippen LogP contribution in [0.25, 0.3) is 0 Å². The van der Waals surface area contributed by atoms with Crippen LogP contribution in [0.1, 0.15) is 51.5 Å². The minimum Gasteiger partial charge on any atom is -0.490 e. The Morgan fingerprint density at radius 1 is 1.14 bits per heavy atom. The molecule has 0 fully saturated rings. The van der Waals surface area contributed by atoms with E-state index in [0.29, 0.717) is 42.4 Å². The Kier molecular flexibility index (Phi) is 6.59. The zero-order valence-electron chi connectivity index (χ0n) is 17.3. The lowest BCUT2D eigenvalue weighted by molar-refractivity contribution is 0.0474. The zero-order chi connectivity index (χ0) is 21.0. The lowest BCUT2D eigenvalue weighted by Crippen LogP contribution is -2.17. The molecule has 3 rings (SSSR count). The SMILES string of the molecule is COCC(C)n1c(C)cc(C(=O)COC(=O)c2ccc3c(c2)OCCCO3)c1C. The van der Waals surface area contributed by atoms with E-state index in [2.05, 4.69) is 4.57 Å². The summed E-state index contributed by atoms with van der Waals surface area (Å²) >= 11 is 0. The average molecular weight is 401 g/mol. The number of ketones is 1. The number of methoxy groups -OCH3 is 1. The highest BCUT2D eigenvalue weighted by molar-refractivity contribution is 6.00. The number of nitrogens with zero attached hydrogens (tertiary/aromatic N) is 1. The Morgan fingerprint density at radius 3 is 2.59 bits per heavy atom. The summed E-state index contributed by atoms with van der Waals surface area (Å²) in [6, 6.07) is 6.81. The van der Waals surface area contributed by atoms with Crippen molar-refractivity contribution >= 4 is 11.8 Å². The fourth-order valence-electron chi connectivity index (χ4n) is 3.64. The van der Waals surface area contributed by atoms with Gasteiger partial charge >= 0.3 is 5.97 Å². The Balaban J connectivity index is 1.67. The molecule has 1 aromatic carbocycles. The van der Waals surface area contributed by atoms with Crippen LogP contribution in [-0.4, -0.2) is 49.9 Å². The van der Waals surface area contributed by atoms with Crippen LogP contribution in [0, 0.1) is 13.8 Å². The second kappa shape index (κ2) is 9.13. The third-order valence-corrected chi connectivity index (χ3v) is 4.95. The molecule has 7 nitrogen and oxygen atoms in total. The van der Waals surface area contributed by atoms with Crippen LogP contribution in [0.4, 0.5) is 0 Å². The molecule has 0 spiro atoms. The summed E-state index contributed by atoms with van der Waals surface area (Å²) in [5.74, 6) is 0.305. The largest absolute Gasteiger partial charge is 0.490 e. The maximum Gasteiger partial charge on any atom is 0.338 e. The Bertz CT molecular complexity index is 901. The first-order valence-electron chi connectivity index (χ1n) is 9.69. The number of rotatable bonds is 7. The van der Waals surface area contributed by atoms with Crippen LogP contribution >= 0.6 is 0 Å². The maximum atomic E-state index is 12.7. The van der Waals surface area contributed by atoms with Gasteiger partial charge in [-0.25, -0.2) is 4.79 Å². The molecule has 1 aliphatic rings. The summed E-state index contributed by atoms with van der Waals surface area (Å²) < 4.78 is 23.7. The average Bonchev–Trinajstić information content (AvgIpc) is 2.86. The highest BCUT2D eigenvalue weighted by atomic mass is 16.5. The van der Waals surface area contributed by atoms with Crippen LogP contribution in [0.3, 0.4) is 0 Å². The second-order valence-electron chi connectivity index (χ2n) is 7.17. The van der Waals surface area contributed by atoms with Gasteiger partial charge in [0.15, 0.2) is 18.1 Å². The van der Waals surface area contributed by atoms with E-state index in [0.717, 1.165) is 17.8 Å². The van der Waals surface area contributed by atoms with Crippen molar-refractivity contribution < 1.29 is 28.5 Å². The van der Waals surface area contributed by atoms with Crippen LogP contribution in [-0.2, 0) is 9.47 Å². The van der Waals surface area contributed by atoms with E-state index in [-0.39, 0.29) is 18.4 Å². The molecule has 2 aromatic rings. The number of benzene rings is 1. The maximum absolute atomic E-state index is 12.7. The number of aryl methyl sites for hydroxylation is 1. The molecule has 0 aliphatic carbocycles. The molecule has 0 saturated carbocycles. The van der Waals surface area contributed by atoms with Crippen molar-refractivity contribution in [3.05, 3.63) is 46.8 Å². The van der Waals surface area contributed by atoms with Crippen LogP contribution in [0.5, 0.6) is 11.5 Å². The molecule has 0 bridgehead atoms. The summed E-state index contributed by atoms with van der Waals surface area (Å²) in [6.07, 6.45) is 0.782. The van der Waals surface area contributed by atoms with Gasteiger partial charge in [0.25, 0.3) is 0 Å². The Morgan fingerprint density at radius 2 is 1.86 bits per heavy atom. The molecule has 0 N–H and O–H groups in total. The van der Waals surface area contributed by atoms with Gasteiger partial charge in [-0.2, -0.15) is 0 Å². The number of hydrogen-bond acceptors (Lipinski definition) is 6. The predicted molar refractivity (Wildman–Crippen MR) is 107 cm³/mol. The number of ether oxygens (including phenoxy) is 4. The van der Waals surface area contributed by atoms with Crippen molar-refractivity contribution in [3.8, 4) is 11.5 Å². The number of fused-ring (bicyclic) bond motifs is 1. The molecular weight excluding hydrogens is 374 g/mol. The predicted octanol–water partition coefficient (Wildman–Crippen LogP) is 3.51. The van der Waals surface area contributed by atoms with E-state index in [9.17, 15) is 9.59 Å². The van der Waals surface area contributed by atoms with Crippen molar-refractivity contribution in [2.45, 2.75) is 33.2 Å². The third kappa shape index (κ3) is 4.62. The summed E-state index contributed by atoms with van der Waals surface area (Å²) in [4.78, 5) is 25.1. The fourth-order valence-corrected chi connectivity index (χ4v) is 3.64. The monoisotopic (exact) mass is 401 g/mol. The van der Waals surface area contributed by atoms with Crippen molar-refractivity contribution in [1.82, 2.24) is 4.57 Å². The minimum absolute atomic E-state index is 0.103. The Labute approximate surface area is 170 Å². The van der Waals surface area contributed by atoms with Gasteiger partial charge in [-0.1, -0.05) is 0 Å².